The maximum atomic E-state index is 3.75. The molecule has 1 saturated carbocycles. The van der Waals surface area contributed by atoms with Crippen molar-refractivity contribution >= 4 is 0 Å². The Kier molecular flexibility index (Phi) is 4.26. The largest absolute Gasteiger partial charge is 0.312 e. The summed E-state index contributed by atoms with van der Waals surface area (Å²) in [5, 5.41) is 3.75. The first kappa shape index (κ1) is 12.4. The summed E-state index contributed by atoms with van der Waals surface area (Å²) in [6.45, 7) is 10.8. The molecule has 0 aromatic heterocycles. The van der Waals surface area contributed by atoms with E-state index in [1.165, 1.54) is 45.3 Å². The van der Waals surface area contributed by atoms with Gasteiger partial charge in [-0.1, -0.05) is 13.8 Å². The van der Waals surface area contributed by atoms with Gasteiger partial charge in [0.1, 0.15) is 0 Å². The second kappa shape index (κ2) is 5.50. The summed E-state index contributed by atoms with van der Waals surface area (Å²) in [4.78, 5) is 2.69. The van der Waals surface area contributed by atoms with E-state index in [4.69, 9.17) is 0 Å². The van der Waals surface area contributed by atoms with Crippen molar-refractivity contribution in [2.24, 2.45) is 11.8 Å². The van der Waals surface area contributed by atoms with Crippen LogP contribution in [-0.2, 0) is 0 Å². The fraction of sp³-hybridized carbons (Fsp3) is 1.00. The molecule has 2 rings (SSSR count). The number of likely N-dealkylation sites (tertiary alicyclic amines) is 1. The Morgan fingerprint density at radius 2 is 1.94 bits per heavy atom. The minimum absolute atomic E-state index is 0.751. The van der Waals surface area contributed by atoms with Crippen LogP contribution in [0, 0.1) is 11.8 Å². The van der Waals surface area contributed by atoms with Crippen LogP contribution in [0.1, 0.15) is 46.5 Å². The van der Waals surface area contributed by atoms with Gasteiger partial charge < -0.3 is 5.32 Å². The van der Waals surface area contributed by atoms with Crippen molar-refractivity contribution in [3.63, 3.8) is 0 Å². The summed E-state index contributed by atoms with van der Waals surface area (Å²) < 4.78 is 0. The zero-order valence-corrected chi connectivity index (χ0v) is 11.2. The second-order valence-electron chi connectivity index (χ2n) is 6.22. The standard InChI is InChI=1S/C14H28N2/c1-11(2)10-16-8-4-5-14(16)9-15-12(3)13-6-7-13/h11-15H,4-10H2,1-3H3/t12?,14-/m0/s1. The number of hydrogen-bond acceptors (Lipinski definition) is 2. The lowest BCUT2D eigenvalue weighted by Gasteiger charge is -2.27. The Balaban J connectivity index is 1.70. The number of rotatable bonds is 6. The molecular formula is C14H28N2. The van der Waals surface area contributed by atoms with Crippen molar-refractivity contribution in [2.75, 3.05) is 19.6 Å². The molecule has 0 radical (unpaired) electrons. The van der Waals surface area contributed by atoms with E-state index in [1.54, 1.807) is 0 Å². The van der Waals surface area contributed by atoms with Gasteiger partial charge >= 0.3 is 0 Å². The summed E-state index contributed by atoms with van der Waals surface area (Å²) in [7, 11) is 0. The molecule has 0 aromatic rings. The lowest BCUT2D eigenvalue weighted by molar-refractivity contribution is 0.217. The number of nitrogens with zero attached hydrogens (tertiary/aromatic N) is 1. The van der Waals surface area contributed by atoms with Crippen molar-refractivity contribution in [1.29, 1.82) is 0 Å². The van der Waals surface area contributed by atoms with Crippen molar-refractivity contribution in [2.45, 2.75) is 58.5 Å². The van der Waals surface area contributed by atoms with E-state index in [0.717, 1.165) is 23.9 Å². The van der Waals surface area contributed by atoms with Crippen LogP contribution < -0.4 is 5.32 Å². The maximum Gasteiger partial charge on any atom is 0.0221 e. The van der Waals surface area contributed by atoms with Crippen molar-refractivity contribution < 1.29 is 0 Å². The molecular weight excluding hydrogens is 196 g/mol. The predicted molar refractivity (Wildman–Crippen MR) is 69.6 cm³/mol. The van der Waals surface area contributed by atoms with Gasteiger partial charge in [0.05, 0.1) is 0 Å². The highest BCUT2D eigenvalue weighted by Crippen LogP contribution is 2.32. The number of nitrogens with one attached hydrogen (secondary N) is 1. The first-order valence-corrected chi connectivity index (χ1v) is 7.14. The Bertz CT molecular complexity index is 211. The van der Waals surface area contributed by atoms with Gasteiger partial charge in [0, 0.05) is 25.2 Å². The molecule has 94 valence electrons. The summed E-state index contributed by atoms with van der Waals surface area (Å²) in [6.07, 6.45) is 5.71. The van der Waals surface area contributed by atoms with E-state index in [1.807, 2.05) is 0 Å². The zero-order chi connectivity index (χ0) is 11.5. The van der Waals surface area contributed by atoms with Gasteiger partial charge in [-0.2, -0.15) is 0 Å². The van der Waals surface area contributed by atoms with Crippen LogP contribution in [-0.4, -0.2) is 36.6 Å². The number of hydrogen-bond donors (Lipinski definition) is 1. The van der Waals surface area contributed by atoms with Crippen molar-refractivity contribution in [1.82, 2.24) is 10.2 Å². The molecule has 2 fully saturated rings. The third-order valence-electron chi connectivity index (χ3n) is 4.10. The normalized spacial score (nSPS) is 28.9. The molecule has 1 saturated heterocycles. The highest BCUT2D eigenvalue weighted by molar-refractivity contribution is 4.87. The topological polar surface area (TPSA) is 15.3 Å². The van der Waals surface area contributed by atoms with Gasteiger partial charge in [-0.3, -0.25) is 4.90 Å². The molecule has 2 atom stereocenters. The van der Waals surface area contributed by atoms with Crippen LogP contribution in [0.2, 0.25) is 0 Å². The van der Waals surface area contributed by atoms with Gasteiger partial charge in [-0.25, -0.2) is 0 Å². The minimum Gasteiger partial charge on any atom is -0.312 e. The SMILES string of the molecule is CC(C)CN1CCC[C@H]1CNC(C)C1CC1. The third kappa shape index (κ3) is 3.46. The van der Waals surface area contributed by atoms with Gasteiger partial charge in [-0.15, -0.1) is 0 Å². The predicted octanol–water partition coefficient (Wildman–Crippen LogP) is 2.49. The fourth-order valence-electron chi connectivity index (χ4n) is 2.92. The van der Waals surface area contributed by atoms with E-state index < -0.39 is 0 Å². The fourth-order valence-corrected chi connectivity index (χ4v) is 2.92. The summed E-state index contributed by atoms with van der Waals surface area (Å²) in [5.41, 5.74) is 0. The Labute approximate surface area is 101 Å². The van der Waals surface area contributed by atoms with Gasteiger partial charge in [0.15, 0.2) is 0 Å². The molecule has 1 aliphatic heterocycles. The molecule has 0 aromatic carbocycles. The average Bonchev–Trinajstić information content (AvgIpc) is 2.98. The van der Waals surface area contributed by atoms with E-state index in [-0.39, 0.29) is 0 Å². The first-order valence-electron chi connectivity index (χ1n) is 7.14. The average molecular weight is 224 g/mol. The molecule has 16 heavy (non-hydrogen) atoms. The van der Waals surface area contributed by atoms with Crippen molar-refractivity contribution in [3.8, 4) is 0 Å². The smallest absolute Gasteiger partial charge is 0.0221 e. The first-order chi connectivity index (χ1) is 7.66. The quantitative estimate of drug-likeness (QED) is 0.746. The molecule has 1 aliphatic carbocycles. The van der Waals surface area contributed by atoms with Gasteiger partial charge in [0.2, 0.25) is 0 Å². The highest BCUT2D eigenvalue weighted by atomic mass is 15.2. The Hall–Kier alpha value is -0.0800. The minimum atomic E-state index is 0.751. The second-order valence-corrected chi connectivity index (χ2v) is 6.22. The Morgan fingerprint density at radius 1 is 1.19 bits per heavy atom. The van der Waals surface area contributed by atoms with Crippen LogP contribution in [0.15, 0.2) is 0 Å². The molecule has 1 unspecified atom stereocenters. The van der Waals surface area contributed by atoms with Crippen LogP contribution in [0.25, 0.3) is 0 Å². The van der Waals surface area contributed by atoms with E-state index in [0.29, 0.717) is 0 Å². The van der Waals surface area contributed by atoms with Crippen molar-refractivity contribution in [3.05, 3.63) is 0 Å². The lowest BCUT2D eigenvalue weighted by Crippen LogP contribution is -2.42. The molecule has 0 spiro atoms. The van der Waals surface area contributed by atoms with E-state index in [2.05, 4.69) is 31.0 Å². The summed E-state index contributed by atoms with van der Waals surface area (Å²) in [6, 6.07) is 1.56. The summed E-state index contributed by atoms with van der Waals surface area (Å²) >= 11 is 0. The lowest BCUT2D eigenvalue weighted by atomic mass is 10.1. The Morgan fingerprint density at radius 3 is 2.56 bits per heavy atom. The van der Waals surface area contributed by atoms with Gasteiger partial charge in [0.25, 0.3) is 0 Å². The molecule has 1 heterocycles. The van der Waals surface area contributed by atoms with E-state index >= 15 is 0 Å². The highest BCUT2D eigenvalue weighted by Gasteiger charge is 2.30. The van der Waals surface area contributed by atoms with Crippen LogP contribution >= 0.6 is 0 Å². The monoisotopic (exact) mass is 224 g/mol. The molecule has 2 nitrogen and oxygen atoms in total. The van der Waals surface area contributed by atoms with Crippen LogP contribution in [0.3, 0.4) is 0 Å². The van der Waals surface area contributed by atoms with Crippen LogP contribution in [0.5, 0.6) is 0 Å². The molecule has 2 aliphatic rings. The molecule has 0 amide bonds. The molecule has 2 heteroatoms. The molecule has 0 bridgehead atoms. The van der Waals surface area contributed by atoms with E-state index in [9.17, 15) is 0 Å². The van der Waals surface area contributed by atoms with Crippen LogP contribution in [0.4, 0.5) is 0 Å². The third-order valence-corrected chi connectivity index (χ3v) is 4.10. The molecule has 1 N–H and O–H groups in total. The maximum absolute atomic E-state index is 3.75. The summed E-state index contributed by atoms with van der Waals surface area (Å²) in [5.74, 6) is 1.79. The zero-order valence-electron chi connectivity index (χ0n) is 11.2. The van der Waals surface area contributed by atoms with Gasteiger partial charge in [-0.05, 0) is 51.0 Å².